The molecule has 1 nitrogen and oxygen atoms in total. The van der Waals surface area contributed by atoms with E-state index in [1.807, 2.05) is 0 Å². The van der Waals surface area contributed by atoms with Gasteiger partial charge in [0, 0.05) is 5.41 Å². The lowest BCUT2D eigenvalue weighted by atomic mass is 9.78. The summed E-state index contributed by atoms with van der Waals surface area (Å²) in [4.78, 5) is 0. The van der Waals surface area contributed by atoms with Gasteiger partial charge in [0.15, 0.2) is 0 Å². The number of benzene rings is 2. The van der Waals surface area contributed by atoms with Gasteiger partial charge in [-0.25, -0.2) is 0 Å². The lowest BCUT2D eigenvalue weighted by Crippen LogP contribution is -2.18. The molecule has 0 N–H and O–H groups in total. The van der Waals surface area contributed by atoms with E-state index in [9.17, 15) is 0 Å². The first kappa shape index (κ1) is 12.7. The Morgan fingerprint density at radius 2 is 1.56 bits per heavy atom. The number of methoxy groups -OCH3 is 1. The Balaban J connectivity index is 2.45. The molecule has 0 radical (unpaired) electrons. The quantitative estimate of drug-likeness (QED) is 0.776. The standard InChI is InChI=1S/C17H20O/c1-13-12-15(10-11-16(13)18-4)17(2,3)14-8-6-5-7-9-14/h5-12H,1-4H3. The van der Waals surface area contributed by atoms with Crippen LogP contribution in [0.2, 0.25) is 0 Å². The van der Waals surface area contributed by atoms with E-state index in [1.54, 1.807) is 7.11 Å². The average molecular weight is 240 g/mol. The van der Waals surface area contributed by atoms with E-state index < -0.39 is 0 Å². The Morgan fingerprint density at radius 1 is 0.889 bits per heavy atom. The Hall–Kier alpha value is -1.76. The first-order valence-electron chi connectivity index (χ1n) is 6.26. The molecule has 2 rings (SSSR count). The van der Waals surface area contributed by atoms with Crippen molar-refractivity contribution in [3.8, 4) is 5.75 Å². The summed E-state index contributed by atoms with van der Waals surface area (Å²) in [7, 11) is 1.71. The van der Waals surface area contributed by atoms with Crippen molar-refractivity contribution in [1.29, 1.82) is 0 Å². The fourth-order valence-corrected chi connectivity index (χ4v) is 2.29. The van der Waals surface area contributed by atoms with Crippen LogP contribution in [-0.2, 0) is 5.41 Å². The minimum atomic E-state index is 0.0122. The zero-order chi connectivity index (χ0) is 13.2. The molecule has 0 aliphatic heterocycles. The van der Waals surface area contributed by atoms with Crippen LogP contribution in [0.15, 0.2) is 48.5 Å². The topological polar surface area (TPSA) is 9.23 Å². The van der Waals surface area contributed by atoms with Crippen LogP contribution >= 0.6 is 0 Å². The summed E-state index contributed by atoms with van der Waals surface area (Å²) >= 11 is 0. The molecule has 1 heteroatoms. The van der Waals surface area contributed by atoms with Gasteiger partial charge in [0.05, 0.1) is 7.11 Å². The summed E-state index contributed by atoms with van der Waals surface area (Å²) in [6.45, 7) is 6.59. The molecule has 2 aromatic rings. The van der Waals surface area contributed by atoms with E-state index in [0.29, 0.717) is 0 Å². The van der Waals surface area contributed by atoms with Crippen molar-refractivity contribution in [3.63, 3.8) is 0 Å². The first-order chi connectivity index (χ1) is 8.55. The molecule has 0 aromatic heterocycles. The second kappa shape index (κ2) is 4.85. The van der Waals surface area contributed by atoms with Crippen LogP contribution in [0.1, 0.15) is 30.5 Å². The highest BCUT2D eigenvalue weighted by Gasteiger charge is 2.23. The molecule has 94 valence electrons. The highest BCUT2D eigenvalue weighted by atomic mass is 16.5. The van der Waals surface area contributed by atoms with Gasteiger partial charge in [-0.2, -0.15) is 0 Å². The smallest absolute Gasteiger partial charge is 0.121 e. The summed E-state index contributed by atoms with van der Waals surface area (Å²) in [5, 5.41) is 0. The number of hydrogen-bond acceptors (Lipinski definition) is 1. The molecule has 0 saturated heterocycles. The van der Waals surface area contributed by atoms with Crippen molar-refractivity contribution in [1.82, 2.24) is 0 Å². The normalized spacial score (nSPS) is 11.3. The van der Waals surface area contributed by atoms with Gasteiger partial charge in [0.1, 0.15) is 5.75 Å². The van der Waals surface area contributed by atoms with E-state index in [0.717, 1.165) is 5.75 Å². The first-order valence-corrected chi connectivity index (χ1v) is 6.26. The summed E-state index contributed by atoms with van der Waals surface area (Å²) in [6.07, 6.45) is 0. The van der Waals surface area contributed by atoms with Gasteiger partial charge in [0.2, 0.25) is 0 Å². The number of hydrogen-bond donors (Lipinski definition) is 0. The lowest BCUT2D eigenvalue weighted by molar-refractivity contribution is 0.411. The molecular formula is C17H20O. The van der Waals surface area contributed by atoms with E-state index in [-0.39, 0.29) is 5.41 Å². The van der Waals surface area contributed by atoms with Crippen molar-refractivity contribution in [3.05, 3.63) is 65.2 Å². The number of ether oxygens (including phenoxy) is 1. The number of rotatable bonds is 3. The molecule has 0 atom stereocenters. The van der Waals surface area contributed by atoms with Crippen LogP contribution in [0.3, 0.4) is 0 Å². The Labute approximate surface area is 109 Å². The molecule has 0 saturated carbocycles. The molecule has 0 amide bonds. The van der Waals surface area contributed by atoms with Crippen LogP contribution in [0, 0.1) is 6.92 Å². The third-order valence-corrected chi connectivity index (χ3v) is 3.61. The highest BCUT2D eigenvalue weighted by molar-refractivity contribution is 5.43. The van der Waals surface area contributed by atoms with Gasteiger partial charge < -0.3 is 4.74 Å². The Kier molecular flexibility index (Phi) is 3.42. The molecule has 0 aliphatic carbocycles. The molecule has 0 fully saturated rings. The molecule has 0 unspecified atom stereocenters. The maximum atomic E-state index is 5.32. The van der Waals surface area contributed by atoms with Gasteiger partial charge in [-0.3, -0.25) is 0 Å². The van der Waals surface area contributed by atoms with Crippen molar-refractivity contribution >= 4 is 0 Å². The summed E-state index contributed by atoms with van der Waals surface area (Å²) in [6, 6.07) is 17.0. The van der Waals surface area contributed by atoms with Crippen molar-refractivity contribution in [2.75, 3.05) is 7.11 Å². The number of aryl methyl sites for hydroxylation is 1. The predicted octanol–water partition coefficient (Wildman–Crippen LogP) is 4.33. The lowest BCUT2D eigenvalue weighted by Gasteiger charge is -2.26. The summed E-state index contributed by atoms with van der Waals surface area (Å²) in [5.74, 6) is 0.947. The molecule has 0 aliphatic rings. The third-order valence-electron chi connectivity index (χ3n) is 3.61. The van der Waals surface area contributed by atoms with Crippen LogP contribution in [0.4, 0.5) is 0 Å². The molecule has 0 spiro atoms. The van der Waals surface area contributed by atoms with Gasteiger partial charge in [-0.1, -0.05) is 56.3 Å². The van der Waals surface area contributed by atoms with Gasteiger partial charge in [-0.05, 0) is 29.7 Å². The van der Waals surface area contributed by atoms with Crippen molar-refractivity contribution in [2.45, 2.75) is 26.2 Å². The fourth-order valence-electron chi connectivity index (χ4n) is 2.29. The Bertz CT molecular complexity index is 527. The van der Waals surface area contributed by atoms with Crippen molar-refractivity contribution in [2.24, 2.45) is 0 Å². The molecule has 0 bridgehead atoms. The minimum absolute atomic E-state index is 0.0122. The Morgan fingerprint density at radius 3 is 2.11 bits per heavy atom. The summed E-state index contributed by atoms with van der Waals surface area (Å²) < 4.78 is 5.32. The van der Waals surface area contributed by atoms with E-state index >= 15 is 0 Å². The largest absolute Gasteiger partial charge is 0.496 e. The summed E-state index contributed by atoms with van der Waals surface area (Å²) in [5.41, 5.74) is 3.83. The van der Waals surface area contributed by atoms with Gasteiger partial charge in [-0.15, -0.1) is 0 Å². The monoisotopic (exact) mass is 240 g/mol. The zero-order valence-corrected chi connectivity index (χ0v) is 11.5. The SMILES string of the molecule is COc1ccc(C(C)(C)c2ccccc2)cc1C. The maximum absolute atomic E-state index is 5.32. The second-order valence-corrected chi connectivity index (χ2v) is 5.18. The molecular weight excluding hydrogens is 220 g/mol. The van der Waals surface area contributed by atoms with Gasteiger partial charge >= 0.3 is 0 Å². The average Bonchev–Trinajstić information content (AvgIpc) is 2.39. The van der Waals surface area contributed by atoms with Crippen LogP contribution in [-0.4, -0.2) is 7.11 Å². The highest BCUT2D eigenvalue weighted by Crippen LogP contribution is 2.33. The zero-order valence-electron chi connectivity index (χ0n) is 11.5. The fraction of sp³-hybridized carbons (Fsp3) is 0.294. The van der Waals surface area contributed by atoms with E-state index in [4.69, 9.17) is 4.74 Å². The predicted molar refractivity (Wildman–Crippen MR) is 76.3 cm³/mol. The molecule has 0 heterocycles. The second-order valence-electron chi connectivity index (χ2n) is 5.18. The van der Waals surface area contributed by atoms with E-state index in [2.05, 4.69) is 69.3 Å². The minimum Gasteiger partial charge on any atom is -0.496 e. The van der Waals surface area contributed by atoms with E-state index in [1.165, 1.54) is 16.7 Å². The van der Waals surface area contributed by atoms with Crippen LogP contribution in [0.5, 0.6) is 5.75 Å². The van der Waals surface area contributed by atoms with Crippen LogP contribution < -0.4 is 4.74 Å². The van der Waals surface area contributed by atoms with Crippen molar-refractivity contribution < 1.29 is 4.74 Å². The van der Waals surface area contributed by atoms with Crippen LogP contribution in [0.25, 0.3) is 0 Å². The molecule has 18 heavy (non-hydrogen) atoms. The molecule has 2 aromatic carbocycles. The van der Waals surface area contributed by atoms with Gasteiger partial charge in [0.25, 0.3) is 0 Å². The maximum Gasteiger partial charge on any atom is 0.121 e. The third kappa shape index (κ3) is 2.26.